The number of carbonyl (C=O) groups excluding carboxylic acids is 1. The van der Waals surface area contributed by atoms with Crippen molar-refractivity contribution in [2.75, 3.05) is 16.4 Å². The number of nitrogens with zero attached hydrogens (tertiary/aromatic N) is 1. The maximum Gasteiger partial charge on any atom is 0.361 e. The standard InChI is InChI=1S/C13H14N4O7S2/c14-8-1-4-10(5-2-8)17(13(18)16-26(22,23)24)11-6-3-9(15)7-12(11)25(19,20)21/h1-7H,14-15H2,(H,16,18)(H,19,20,21)(H,22,23,24). The third kappa shape index (κ3) is 4.60. The van der Waals surface area contributed by atoms with E-state index in [9.17, 15) is 26.2 Å². The first kappa shape index (κ1) is 19.5. The smallest absolute Gasteiger partial charge is 0.361 e. The van der Waals surface area contributed by atoms with Crippen molar-refractivity contribution in [2.24, 2.45) is 0 Å². The number of amides is 2. The summed E-state index contributed by atoms with van der Waals surface area (Å²) in [4.78, 5) is 12.2. The van der Waals surface area contributed by atoms with Crippen LogP contribution in [0.3, 0.4) is 0 Å². The van der Waals surface area contributed by atoms with Gasteiger partial charge in [-0.3, -0.25) is 14.0 Å². The first-order valence-corrected chi connectivity index (χ1v) is 9.58. The number of urea groups is 1. The zero-order valence-corrected chi connectivity index (χ0v) is 14.5. The van der Waals surface area contributed by atoms with Crippen molar-refractivity contribution >= 4 is 49.2 Å². The van der Waals surface area contributed by atoms with Gasteiger partial charge < -0.3 is 11.5 Å². The van der Waals surface area contributed by atoms with Gasteiger partial charge in [0.2, 0.25) is 0 Å². The maximum absolute atomic E-state index is 12.3. The first-order valence-electron chi connectivity index (χ1n) is 6.70. The molecule has 0 fully saturated rings. The predicted molar refractivity (Wildman–Crippen MR) is 93.7 cm³/mol. The van der Waals surface area contributed by atoms with Crippen LogP contribution in [0.2, 0.25) is 0 Å². The van der Waals surface area contributed by atoms with Gasteiger partial charge in [0, 0.05) is 11.4 Å². The number of benzene rings is 2. The van der Waals surface area contributed by atoms with E-state index in [1.54, 1.807) is 0 Å². The number of nitrogens with two attached hydrogens (primary N) is 2. The van der Waals surface area contributed by atoms with Crippen LogP contribution in [0, 0.1) is 0 Å². The summed E-state index contributed by atoms with van der Waals surface area (Å²) in [5.41, 5.74) is 10.9. The van der Waals surface area contributed by atoms with E-state index in [1.807, 2.05) is 0 Å². The average Bonchev–Trinajstić information content (AvgIpc) is 2.48. The number of nitrogens with one attached hydrogen (secondary N) is 1. The zero-order valence-electron chi connectivity index (χ0n) is 12.9. The molecule has 13 heteroatoms. The first-order chi connectivity index (χ1) is 11.9. The van der Waals surface area contributed by atoms with Gasteiger partial charge in [-0.05, 0) is 42.5 Å². The van der Waals surface area contributed by atoms with E-state index in [-0.39, 0.29) is 11.4 Å². The van der Waals surface area contributed by atoms with Crippen LogP contribution in [0.4, 0.5) is 27.5 Å². The SMILES string of the molecule is Nc1ccc(N(C(=O)NS(=O)(=O)O)c2ccc(N)cc2S(=O)(=O)O)cc1. The molecule has 26 heavy (non-hydrogen) atoms. The fourth-order valence-electron chi connectivity index (χ4n) is 2.07. The summed E-state index contributed by atoms with van der Waals surface area (Å²) in [5, 5.41) is 0. The van der Waals surface area contributed by atoms with Crippen LogP contribution in [0.1, 0.15) is 0 Å². The van der Waals surface area contributed by atoms with Gasteiger partial charge in [0.1, 0.15) is 4.90 Å². The Hall–Kier alpha value is -2.87. The van der Waals surface area contributed by atoms with E-state index in [1.165, 1.54) is 35.1 Å². The fraction of sp³-hybridized carbons (Fsp3) is 0. The molecule has 0 saturated carbocycles. The van der Waals surface area contributed by atoms with Gasteiger partial charge in [-0.1, -0.05) is 0 Å². The van der Waals surface area contributed by atoms with Crippen LogP contribution in [0.25, 0.3) is 0 Å². The summed E-state index contributed by atoms with van der Waals surface area (Å²) in [6.07, 6.45) is 0. The Morgan fingerprint density at radius 1 is 0.923 bits per heavy atom. The van der Waals surface area contributed by atoms with Crippen molar-refractivity contribution in [3.8, 4) is 0 Å². The van der Waals surface area contributed by atoms with Gasteiger partial charge in [0.05, 0.1) is 11.4 Å². The third-order valence-electron chi connectivity index (χ3n) is 3.07. The Bertz CT molecular complexity index is 1050. The lowest BCUT2D eigenvalue weighted by atomic mass is 10.2. The second-order valence-corrected chi connectivity index (χ2v) is 7.56. The second kappa shape index (κ2) is 6.80. The topological polar surface area (TPSA) is 193 Å². The van der Waals surface area contributed by atoms with E-state index in [0.29, 0.717) is 10.6 Å². The molecule has 0 aromatic heterocycles. The highest BCUT2D eigenvalue weighted by molar-refractivity contribution is 7.86. The number of nitrogen functional groups attached to an aromatic ring is 2. The summed E-state index contributed by atoms with van der Waals surface area (Å²) in [6.45, 7) is 0. The van der Waals surface area contributed by atoms with Gasteiger partial charge in [0.25, 0.3) is 10.1 Å². The minimum Gasteiger partial charge on any atom is -0.399 e. The quantitative estimate of drug-likeness (QED) is 0.362. The van der Waals surface area contributed by atoms with E-state index in [2.05, 4.69) is 0 Å². The Labute approximate surface area is 148 Å². The highest BCUT2D eigenvalue weighted by Gasteiger charge is 2.28. The molecule has 0 heterocycles. The summed E-state index contributed by atoms with van der Waals surface area (Å²) in [7, 11) is -9.78. The number of anilines is 4. The minimum atomic E-state index is -4.95. The maximum atomic E-state index is 12.3. The third-order valence-corrected chi connectivity index (χ3v) is 4.39. The lowest BCUT2D eigenvalue weighted by Gasteiger charge is -2.24. The van der Waals surface area contributed by atoms with Gasteiger partial charge in [-0.2, -0.15) is 16.8 Å². The highest BCUT2D eigenvalue weighted by atomic mass is 32.2. The van der Waals surface area contributed by atoms with Crippen molar-refractivity contribution < 1.29 is 30.7 Å². The molecule has 0 atom stereocenters. The Balaban J connectivity index is 2.73. The summed E-state index contributed by atoms with van der Waals surface area (Å²) in [5.74, 6) is 0. The molecular formula is C13H14N4O7S2. The highest BCUT2D eigenvalue weighted by Crippen LogP contribution is 2.33. The number of carbonyl (C=O) groups is 1. The molecule has 2 aromatic rings. The van der Waals surface area contributed by atoms with Crippen molar-refractivity contribution in [2.45, 2.75) is 4.90 Å². The molecule has 0 bridgehead atoms. The molecule has 0 unspecified atom stereocenters. The Morgan fingerprint density at radius 2 is 1.46 bits per heavy atom. The van der Waals surface area contributed by atoms with Crippen LogP contribution in [0.15, 0.2) is 47.4 Å². The van der Waals surface area contributed by atoms with Gasteiger partial charge >= 0.3 is 16.3 Å². The molecule has 0 radical (unpaired) electrons. The van der Waals surface area contributed by atoms with E-state index in [4.69, 9.17) is 16.0 Å². The Morgan fingerprint density at radius 3 is 1.96 bits per heavy atom. The number of hydrogen-bond donors (Lipinski definition) is 5. The zero-order chi connectivity index (χ0) is 19.7. The van der Waals surface area contributed by atoms with Crippen LogP contribution in [-0.2, 0) is 20.4 Å². The molecule has 2 rings (SSSR count). The molecule has 2 aromatic carbocycles. The molecular weight excluding hydrogens is 388 g/mol. The lowest BCUT2D eigenvalue weighted by Crippen LogP contribution is -2.40. The average molecular weight is 402 g/mol. The summed E-state index contributed by atoms with van der Waals surface area (Å²) < 4.78 is 64.9. The molecule has 0 spiro atoms. The van der Waals surface area contributed by atoms with E-state index in [0.717, 1.165) is 12.1 Å². The van der Waals surface area contributed by atoms with Crippen molar-refractivity contribution in [1.82, 2.24) is 4.72 Å². The lowest BCUT2D eigenvalue weighted by molar-refractivity contribution is 0.252. The van der Waals surface area contributed by atoms with Crippen LogP contribution < -0.4 is 21.1 Å². The van der Waals surface area contributed by atoms with Crippen molar-refractivity contribution in [1.29, 1.82) is 0 Å². The molecule has 140 valence electrons. The molecule has 0 aliphatic rings. The summed E-state index contributed by atoms with van der Waals surface area (Å²) >= 11 is 0. The molecule has 0 aliphatic heterocycles. The van der Waals surface area contributed by atoms with Crippen molar-refractivity contribution in [3.63, 3.8) is 0 Å². The van der Waals surface area contributed by atoms with Crippen LogP contribution in [-0.4, -0.2) is 32.0 Å². The predicted octanol–water partition coefficient (Wildman–Crippen LogP) is 0.748. The van der Waals surface area contributed by atoms with E-state index < -0.39 is 37.0 Å². The van der Waals surface area contributed by atoms with Gasteiger partial charge in [-0.15, -0.1) is 0 Å². The van der Waals surface area contributed by atoms with E-state index >= 15 is 0 Å². The fourth-order valence-corrected chi connectivity index (χ4v) is 3.09. The molecule has 0 saturated heterocycles. The Kier molecular flexibility index (Phi) is 5.09. The van der Waals surface area contributed by atoms with Gasteiger partial charge in [0.15, 0.2) is 0 Å². The van der Waals surface area contributed by atoms with Crippen LogP contribution in [0.5, 0.6) is 0 Å². The molecule has 7 N–H and O–H groups in total. The molecule has 0 aliphatic carbocycles. The summed E-state index contributed by atoms with van der Waals surface area (Å²) in [6, 6.07) is 7.11. The van der Waals surface area contributed by atoms with Crippen molar-refractivity contribution in [3.05, 3.63) is 42.5 Å². The molecule has 11 nitrogen and oxygen atoms in total. The van der Waals surface area contributed by atoms with Crippen LogP contribution >= 0.6 is 0 Å². The second-order valence-electron chi connectivity index (χ2n) is 5.01. The van der Waals surface area contributed by atoms with Gasteiger partial charge in [-0.25, -0.2) is 9.52 Å². The minimum absolute atomic E-state index is 0.00461. The number of rotatable bonds is 4. The molecule has 2 amide bonds. The number of hydrogen-bond acceptors (Lipinski definition) is 7. The largest absolute Gasteiger partial charge is 0.399 e. The normalized spacial score (nSPS) is 11.8. The monoisotopic (exact) mass is 402 g/mol.